The second-order valence-electron chi connectivity index (χ2n) is 10.7. The summed E-state index contributed by atoms with van der Waals surface area (Å²) < 4.78 is 38.8. The Hall–Kier alpha value is -4.84. The van der Waals surface area contributed by atoms with Gasteiger partial charge in [0.05, 0.1) is 68.7 Å². The molecule has 1 amide bonds. The third kappa shape index (κ3) is 10.3. The van der Waals surface area contributed by atoms with E-state index in [1.54, 1.807) is 31.4 Å². The molecule has 0 atom stereocenters. The van der Waals surface area contributed by atoms with Gasteiger partial charge in [0.2, 0.25) is 0 Å². The monoisotopic (exact) mass is 646 g/mol. The number of amides is 1. The van der Waals surface area contributed by atoms with Gasteiger partial charge in [0, 0.05) is 13.2 Å². The van der Waals surface area contributed by atoms with Gasteiger partial charge in [0.25, 0.3) is 5.91 Å². The number of hydrogen-bond donors (Lipinski definition) is 2. The van der Waals surface area contributed by atoms with Crippen LogP contribution in [0.1, 0.15) is 40.1 Å². The van der Waals surface area contributed by atoms with Crippen LogP contribution in [0.25, 0.3) is 10.8 Å². The van der Waals surface area contributed by atoms with Gasteiger partial charge < -0.3 is 44.2 Å². The molecule has 0 fully saturated rings. The number of esters is 1. The molecule has 0 aliphatic rings. The van der Waals surface area contributed by atoms with E-state index in [4.69, 9.17) is 38.9 Å². The normalized spacial score (nSPS) is 11.0. The molecule has 250 valence electrons. The van der Waals surface area contributed by atoms with E-state index >= 15 is 0 Å². The number of carbonyl (C=O) groups excluding carboxylic acids is 2. The Labute approximate surface area is 274 Å². The lowest BCUT2D eigenvalue weighted by Crippen LogP contribution is -2.18. The van der Waals surface area contributed by atoms with Gasteiger partial charge in [-0.1, -0.05) is 36.4 Å². The Bertz CT molecular complexity index is 1640. The van der Waals surface area contributed by atoms with E-state index in [1.165, 1.54) is 13.2 Å². The van der Waals surface area contributed by atoms with Crippen molar-refractivity contribution in [1.82, 2.24) is 0 Å². The topological polar surface area (TPSA) is 137 Å². The van der Waals surface area contributed by atoms with E-state index < -0.39 is 11.9 Å². The van der Waals surface area contributed by atoms with Crippen LogP contribution in [-0.4, -0.2) is 71.8 Å². The number of nitrogen functional groups attached to an aromatic ring is 1. The lowest BCUT2D eigenvalue weighted by Gasteiger charge is -2.18. The van der Waals surface area contributed by atoms with Crippen molar-refractivity contribution < 1.29 is 42.7 Å². The number of benzene rings is 4. The number of carbonyl (C=O) groups is 2. The Kier molecular flexibility index (Phi) is 13.2. The fraction of sp³-hybridized carbons (Fsp3) is 0.333. The van der Waals surface area contributed by atoms with Gasteiger partial charge >= 0.3 is 5.97 Å². The van der Waals surface area contributed by atoms with Crippen LogP contribution in [0.5, 0.6) is 17.2 Å². The highest BCUT2D eigenvalue weighted by Crippen LogP contribution is 2.34. The molecule has 3 N–H and O–H groups in total. The zero-order chi connectivity index (χ0) is 33.6. The molecule has 0 spiro atoms. The summed E-state index contributed by atoms with van der Waals surface area (Å²) in [5, 5.41) is 5.10. The molecule has 0 heterocycles. The molecule has 0 aliphatic carbocycles. The minimum absolute atomic E-state index is 0.157. The van der Waals surface area contributed by atoms with Gasteiger partial charge in [-0.15, -0.1) is 0 Å². The van der Waals surface area contributed by atoms with Crippen LogP contribution < -0.4 is 25.3 Å². The Morgan fingerprint density at radius 1 is 0.745 bits per heavy atom. The molecule has 4 rings (SSSR count). The van der Waals surface area contributed by atoms with Crippen LogP contribution in [0.15, 0.2) is 72.8 Å². The molecule has 11 heteroatoms. The van der Waals surface area contributed by atoms with Crippen LogP contribution in [0, 0.1) is 0 Å². The van der Waals surface area contributed by atoms with E-state index in [9.17, 15) is 9.59 Å². The Morgan fingerprint density at radius 3 is 2.19 bits per heavy atom. The summed E-state index contributed by atoms with van der Waals surface area (Å²) in [6.07, 6.45) is -0.227. The number of nitrogens with one attached hydrogen (secondary N) is 1. The van der Waals surface area contributed by atoms with Crippen LogP contribution in [0.4, 0.5) is 11.4 Å². The third-order valence-corrected chi connectivity index (χ3v) is 6.87. The predicted octanol–water partition coefficient (Wildman–Crippen LogP) is 5.89. The van der Waals surface area contributed by atoms with E-state index in [-0.39, 0.29) is 42.8 Å². The minimum atomic E-state index is -0.525. The van der Waals surface area contributed by atoms with Crippen LogP contribution in [0.2, 0.25) is 0 Å². The van der Waals surface area contributed by atoms with Crippen molar-refractivity contribution in [2.24, 2.45) is 0 Å². The lowest BCUT2D eigenvalue weighted by molar-refractivity contribution is 0.0179. The molecule has 0 saturated heterocycles. The van der Waals surface area contributed by atoms with Gasteiger partial charge in [0.15, 0.2) is 0 Å². The number of fused-ring (bicyclic) bond motifs is 1. The van der Waals surface area contributed by atoms with E-state index in [1.807, 2.05) is 56.3 Å². The summed E-state index contributed by atoms with van der Waals surface area (Å²) in [7, 11) is 2.91. The first-order chi connectivity index (χ1) is 22.8. The molecule has 0 unspecified atom stereocenters. The zero-order valence-corrected chi connectivity index (χ0v) is 27.2. The Balaban J connectivity index is 1.54. The van der Waals surface area contributed by atoms with Crippen molar-refractivity contribution in [3.8, 4) is 17.2 Å². The van der Waals surface area contributed by atoms with Gasteiger partial charge in [-0.2, -0.15) is 0 Å². The molecule has 0 aliphatic heterocycles. The number of anilines is 2. The van der Waals surface area contributed by atoms with Crippen molar-refractivity contribution in [2.45, 2.75) is 26.6 Å². The summed E-state index contributed by atoms with van der Waals surface area (Å²) in [5.74, 6) is -0.150. The van der Waals surface area contributed by atoms with Crippen molar-refractivity contribution in [1.29, 1.82) is 0 Å². The summed E-state index contributed by atoms with van der Waals surface area (Å²) in [6, 6.07) is 21.9. The molecule has 0 aromatic heterocycles. The maximum absolute atomic E-state index is 13.8. The number of ether oxygens (including phenoxy) is 7. The van der Waals surface area contributed by atoms with Crippen molar-refractivity contribution in [2.75, 3.05) is 64.9 Å². The summed E-state index contributed by atoms with van der Waals surface area (Å²) in [6.45, 7) is 6.13. The summed E-state index contributed by atoms with van der Waals surface area (Å²) in [5.41, 5.74) is 8.45. The zero-order valence-electron chi connectivity index (χ0n) is 27.2. The average molecular weight is 647 g/mol. The molecular formula is C36H42N2O9. The summed E-state index contributed by atoms with van der Waals surface area (Å²) in [4.78, 5) is 25.9. The third-order valence-electron chi connectivity index (χ3n) is 6.87. The molecule has 0 bridgehead atoms. The number of hydrogen-bond acceptors (Lipinski definition) is 10. The first kappa shape index (κ1) is 35.0. The molecule has 4 aromatic carbocycles. The highest BCUT2D eigenvalue weighted by molar-refractivity contribution is 6.08. The number of nitrogens with two attached hydrogens (primary N) is 1. The molecule has 11 nitrogen and oxygen atoms in total. The van der Waals surface area contributed by atoms with Gasteiger partial charge in [-0.3, -0.25) is 4.79 Å². The minimum Gasteiger partial charge on any atom is -0.490 e. The highest BCUT2D eigenvalue weighted by Gasteiger charge is 2.20. The fourth-order valence-electron chi connectivity index (χ4n) is 4.57. The molecule has 0 radical (unpaired) electrons. The average Bonchev–Trinajstić information content (AvgIpc) is 3.07. The molecule has 0 saturated carbocycles. The van der Waals surface area contributed by atoms with Crippen LogP contribution in [0.3, 0.4) is 0 Å². The maximum atomic E-state index is 13.8. The summed E-state index contributed by atoms with van der Waals surface area (Å²) >= 11 is 0. The quantitative estimate of drug-likeness (QED) is 0.0766. The predicted molar refractivity (Wildman–Crippen MR) is 180 cm³/mol. The Morgan fingerprint density at radius 2 is 1.47 bits per heavy atom. The lowest BCUT2D eigenvalue weighted by atomic mass is 10.1. The van der Waals surface area contributed by atoms with Crippen molar-refractivity contribution in [3.05, 3.63) is 89.5 Å². The number of rotatable bonds is 18. The molecule has 4 aromatic rings. The van der Waals surface area contributed by atoms with Crippen molar-refractivity contribution >= 4 is 34.0 Å². The SMILES string of the molecule is COCCOCCOCCOc1cc(N)c(OCc2ccc3ccccc3c2)cc1C(=O)Nc1ccc(C(=O)OC)cc1OC(C)C. The van der Waals surface area contributed by atoms with Gasteiger partial charge in [0.1, 0.15) is 30.5 Å². The second-order valence-corrected chi connectivity index (χ2v) is 10.7. The first-order valence-electron chi connectivity index (χ1n) is 15.3. The van der Waals surface area contributed by atoms with Crippen LogP contribution >= 0.6 is 0 Å². The van der Waals surface area contributed by atoms with Gasteiger partial charge in [-0.05, 0) is 60.5 Å². The van der Waals surface area contributed by atoms with Gasteiger partial charge in [-0.25, -0.2) is 4.79 Å². The van der Waals surface area contributed by atoms with Crippen molar-refractivity contribution in [3.63, 3.8) is 0 Å². The largest absolute Gasteiger partial charge is 0.490 e. The second kappa shape index (κ2) is 17.7. The molecular weight excluding hydrogens is 604 g/mol. The standard InChI is InChI=1S/C36H42N2O9/c1-24(2)47-34-20-28(36(40)42-4)11-12-31(34)38-35(39)29-21-33(46-23-25-9-10-26-7-5-6-8-27(26)19-25)30(37)22-32(29)45-18-17-44-16-15-43-14-13-41-3/h5-12,19-22,24H,13-18,23,37H2,1-4H3,(H,38,39). The fourth-order valence-corrected chi connectivity index (χ4v) is 4.57. The van der Waals surface area contributed by atoms with E-state index in [0.29, 0.717) is 49.3 Å². The smallest absolute Gasteiger partial charge is 0.337 e. The van der Waals surface area contributed by atoms with E-state index in [0.717, 1.165) is 16.3 Å². The highest BCUT2D eigenvalue weighted by atomic mass is 16.6. The maximum Gasteiger partial charge on any atom is 0.337 e. The molecule has 47 heavy (non-hydrogen) atoms. The van der Waals surface area contributed by atoms with E-state index in [2.05, 4.69) is 5.32 Å². The number of methoxy groups -OCH3 is 2. The first-order valence-corrected chi connectivity index (χ1v) is 15.3. The van der Waals surface area contributed by atoms with Crippen LogP contribution in [-0.2, 0) is 25.6 Å².